The Morgan fingerprint density at radius 3 is 2.61 bits per heavy atom. The van der Waals surface area contributed by atoms with E-state index >= 15 is 0 Å². The highest BCUT2D eigenvalue weighted by Gasteiger charge is 2.18. The summed E-state index contributed by atoms with van der Waals surface area (Å²) in [5.74, 6) is 0. The van der Waals surface area contributed by atoms with Crippen molar-refractivity contribution >= 4 is 27.5 Å². The fraction of sp³-hybridized carbons (Fsp3) is 0.133. The lowest BCUT2D eigenvalue weighted by atomic mass is 10.1. The monoisotopic (exact) mass is 310 g/mol. The van der Waals surface area contributed by atoms with E-state index in [4.69, 9.17) is 5.26 Å². The molecule has 8 nitrogen and oxygen atoms in total. The lowest BCUT2D eigenvalue weighted by molar-refractivity contribution is -0.383. The smallest absolute Gasteiger partial charge is 0.315 e. The fourth-order valence-electron chi connectivity index (χ4n) is 2.62. The Kier molecular flexibility index (Phi) is 3.38. The van der Waals surface area contributed by atoms with Crippen LogP contribution in [0.25, 0.3) is 21.8 Å². The molecule has 114 valence electrons. The summed E-state index contributed by atoms with van der Waals surface area (Å²) in [4.78, 5) is 37.2. The van der Waals surface area contributed by atoms with Crippen LogP contribution in [-0.2, 0) is 6.54 Å². The second-order valence-corrected chi connectivity index (χ2v) is 4.91. The minimum Gasteiger partial charge on any atom is -0.315 e. The highest BCUT2D eigenvalue weighted by molar-refractivity contribution is 6.08. The van der Waals surface area contributed by atoms with Crippen LogP contribution in [0, 0.1) is 21.4 Å². The van der Waals surface area contributed by atoms with Gasteiger partial charge < -0.3 is 9.55 Å². The van der Waals surface area contributed by atoms with Crippen molar-refractivity contribution in [3.05, 3.63) is 61.2 Å². The molecule has 0 atom stereocenters. The Bertz CT molecular complexity index is 1100. The van der Waals surface area contributed by atoms with Crippen LogP contribution < -0.4 is 11.1 Å². The molecule has 3 aromatic rings. The van der Waals surface area contributed by atoms with Crippen LogP contribution in [0.2, 0.25) is 0 Å². The molecule has 0 saturated heterocycles. The van der Waals surface area contributed by atoms with E-state index in [0.29, 0.717) is 16.3 Å². The zero-order chi connectivity index (χ0) is 16.6. The molecule has 8 heteroatoms. The Morgan fingerprint density at radius 2 is 1.96 bits per heavy atom. The first kappa shape index (κ1) is 14.5. The SMILES string of the molecule is N#CCCn1c(=O)c(=O)[nH]c2c3ccccc3c([N+](=O)[O-])cc21. The van der Waals surface area contributed by atoms with E-state index in [0.717, 1.165) is 4.57 Å². The number of nitro groups is 1. The maximum Gasteiger partial charge on any atom is 0.316 e. The molecule has 0 aliphatic carbocycles. The summed E-state index contributed by atoms with van der Waals surface area (Å²) in [5.41, 5.74) is -1.25. The molecule has 2 aromatic carbocycles. The van der Waals surface area contributed by atoms with Gasteiger partial charge in [-0.2, -0.15) is 5.26 Å². The number of nitrogens with one attached hydrogen (secondary N) is 1. The summed E-state index contributed by atoms with van der Waals surface area (Å²) in [6, 6.07) is 9.72. The lowest BCUT2D eigenvalue weighted by Gasteiger charge is -2.10. The molecule has 0 unspecified atom stereocenters. The molecule has 0 saturated carbocycles. The number of non-ortho nitro benzene ring substituents is 1. The van der Waals surface area contributed by atoms with Crippen LogP contribution in [0.5, 0.6) is 0 Å². The van der Waals surface area contributed by atoms with E-state index in [1.807, 2.05) is 6.07 Å². The van der Waals surface area contributed by atoms with E-state index in [1.165, 1.54) is 6.07 Å². The van der Waals surface area contributed by atoms with E-state index in [9.17, 15) is 19.7 Å². The van der Waals surface area contributed by atoms with Gasteiger partial charge >= 0.3 is 11.1 Å². The summed E-state index contributed by atoms with van der Waals surface area (Å²) in [6.45, 7) is -0.00868. The quantitative estimate of drug-likeness (QED) is 0.341. The van der Waals surface area contributed by atoms with Crippen molar-refractivity contribution in [3.63, 3.8) is 0 Å². The Hall–Kier alpha value is -3.47. The van der Waals surface area contributed by atoms with Gasteiger partial charge in [0, 0.05) is 18.0 Å². The van der Waals surface area contributed by atoms with Crippen LogP contribution >= 0.6 is 0 Å². The van der Waals surface area contributed by atoms with Gasteiger partial charge in [0.05, 0.1) is 33.8 Å². The first-order chi connectivity index (χ1) is 11.0. The number of aromatic nitrogens is 2. The molecule has 1 heterocycles. The Labute approximate surface area is 128 Å². The molecule has 0 amide bonds. The third-order valence-electron chi connectivity index (χ3n) is 3.61. The molecule has 0 bridgehead atoms. The van der Waals surface area contributed by atoms with E-state index in [1.54, 1.807) is 24.3 Å². The number of aromatic amines is 1. The van der Waals surface area contributed by atoms with Crippen LogP contribution in [0.4, 0.5) is 5.69 Å². The van der Waals surface area contributed by atoms with Gasteiger partial charge in [0.25, 0.3) is 5.69 Å². The van der Waals surface area contributed by atoms with Gasteiger partial charge in [-0.1, -0.05) is 18.2 Å². The highest BCUT2D eigenvalue weighted by Crippen LogP contribution is 2.31. The topological polar surface area (TPSA) is 122 Å². The first-order valence-electron chi connectivity index (χ1n) is 6.74. The molecule has 1 N–H and O–H groups in total. The molecule has 0 aliphatic rings. The Balaban J connectivity index is 2.56. The largest absolute Gasteiger partial charge is 0.316 e. The number of benzene rings is 2. The third-order valence-corrected chi connectivity index (χ3v) is 3.61. The van der Waals surface area contributed by atoms with E-state index in [-0.39, 0.29) is 24.2 Å². The number of nitro benzene ring substituents is 1. The van der Waals surface area contributed by atoms with Crippen molar-refractivity contribution in [2.24, 2.45) is 0 Å². The van der Waals surface area contributed by atoms with Gasteiger partial charge in [-0.25, -0.2) is 0 Å². The van der Waals surface area contributed by atoms with Crippen molar-refractivity contribution in [2.75, 3.05) is 0 Å². The third kappa shape index (κ3) is 2.24. The number of nitrogens with zero attached hydrogens (tertiary/aromatic N) is 3. The molecule has 3 rings (SSSR count). The normalized spacial score (nSPS) is 10.7. The maximum absolute atomic E-state index is 12.0. The highest BCUT2D eigenvalue weighted by atomic mass is 16.6. The van der Waals surface area contributed by atoms with E-state index in [2.05, 4.69) is 4.98 Å². The van der Waals surface area contributed by atoms with Crippen LogP contribution in [0.1, 0.15) is 6.42 Å². The van der Waals surface area contributed by atoms with Crippen LogP contribution in [0.15, 0.2) is 39.9 Å². The van der Waals surface area contributed by atoms with Crippen molar-refractivity contribution in [1.82, 2.24) is 9.55 Å². The summed E-state index contributed by atoms with van der Waals surface area (Å²) < 4.78 is 1.11. The zero-order valence-electron chi connectivity index (χ0n) is 11.8. The maximum atomic E-state index is 12.0. The summed E-state index contributed by atoms with van der Waals surface area (Å²) in [5, 5.41) is 20.9. The summed E-state index contributed by atoms with van der Waals surface area (Å²) >= 11 is 0. The second kappa shape index (κ2) is 5.38. The van der Waals surface area contributed by atoms with Crippen molar-refractivity contribution < 1.29 is 4.92 Å². The predicted molar refractivity (Wildman–Crippen MR) is 83.2 cm³/mol. The standard InChI is InChI=1S/C15H10N4O4/c16-6-3-7-18-12-8-11(19(22)23)9-4-1-2-5-10(9)13(12)17-14(20)15(18)21/h1-2,4-5,8H,3,7H2,(H,17,20). The first-order valence-corrected chi connectivity index (χ1v) is 6.74. The van der Waals surface area contributed by atoms with Gasteiger partial charge in [0.2, 0.25) is 0 Å². The summed E-state index contributed by atoms with van der Waals surface area (Å²) in [6.07, 6.45) is 0.0130. The van der Waals surface area contributed by atoms with Crippen molar-refractivity contribution in [2.45, 2.75) is 13.0 Å². The molecule has 0 aliphatic heterocycles. The van der Waals surface area contributed by atoms with Crippen molar-refractivity contribution in [3.8, 4) is 6.07 Å². The molecule has 23 heavy (non-hydrogen) atoms. The minimum atomic E-state index is -0.836. The molecule has 0 radical (unpaired) electrons. The second-order valence-electron chi connectivity index (χ2n) is 4.91. The predicted octanol–water partition coefficient (Wildman–Crippen LogP) is 1.66. The van der Waals surface area contributed by atoms with Gasteiger partial charge in [-0.3, -0.25) is 19.7 Å². The average Bonchev–Trinajstić information content (AvgIpc) is 2.54. The number of hydrogen-bond donors (Lipinski definition) is 1. The molecule has 1 aromatic heterocycles. The van der Waals surface area contributed by atoms with Gasteiger partial charge in [-0.15, -0.1) is 0 Å². The van der Waals surface area contributed by atoms with Crippen LogP contribution in [0.3, 0.4) is 0 Å². The number of fused-ring (bicyclic) bond motifs is 3. The molecular weight excluding hydrogens is 300 g/mol. The number of aryl methyl sites for hydroxylation is 1. The number of H-pyrrole nitrogens is 1. The number of rotatable bonds is 3. The molecular formula is C15H10N4O4. The minimum absolute atomic E-state index is 0.00868. The van der Waals surface area contributed by atoms with Crippen LogP contribution in [-0.4, -0.2) is 14.5 Å². The summed E-state index contributed by atoms with van der Waals surface area (Å²) in [7, 11) is 0. The van der Waals surface area contributed by atoms with Gasteiger partial charge in [0.1, 0.15) is 0 Å². The lowest BCUT2D eigenvalue weighted by Crippen LogP contribution is -2.36. The number of hydrogen-bond acceptors (Lipinski definition) is 5. The Morgan fingerprint density at radius 1 is 1.26 bits per heavy atom. The van der Waals surface area contributed by atoms with Gasteiger partial charge in [-0.05, 0) is 6.07 Å². The zero-order valence-corrected chi connectivity index (χ0v) is 11.8. The average molecular weight is 310 g/mol. The fourth-order valence-corrected chi connectivity index (χ4v) is 2.62. The number of nitriles is 1. The molecule has 0 spiro atoms. The van der Waals surface area contributed by atoms with Gasteiger partial charge in [0.15, 0.2) is 0 Å². The van der Waals surface area contributed by atoms with Crippen molar-refractivity contribution in [1.29, 1.82) is 5.26 Å². The van der Waals surface area contributed by atoms with E-state index < -0.39 is 16.0 Å². The molecule has 0 fully saturated rings.